The van der Waals surface area contributed by atoms with Crippen molar-refractivity contribution in [2.75, 3.05) is 18.0 Å². The van der Waals surface area contributed by atoms with Gasteiger partial charge in [-0.2, -0.15) is 0 Å². The van der Waals surface area contributed by atoms with Crippen LogP contribution in [0, 0.1) is 11.8 Å². The molecule has 0 radical (unpaired) electrons. The molecule has 160 valence electrons. The van der Waals surface area contributed by atoms with Crippen LogP contribution in [0.25, 0.3) is 0 Å². The summed E-state index contributed by atoms with van der Waals surface area (Å²) in [5, 5.41) is 3.57. The fourth-order valence-corrected chi connectivity index (χ4v) is 6.15. The standard InChI is InChI=1S/C22H25ClN2O4S/c1-29-19-8-10-20(11-9-19)30(27,28)25(18-6-4-17(23)5-7-18)14-22(26)24-21-13-15-2-3-16(21)12-15/h4-11,15-16,21H,2-3,12-14H2,1H3,(H,24,26)/t15-,16-,21+/m0/s1. The van der Waals surface area contributed by atoms with Gasteiger partial charge in [0.1, 0.15) is 12.3 Å². The smallest absolute Gasteiger partial charge is 0.264 e. The zero-order valence-electron chi connectivity index (χ0n) is 16.8. The van der Waals surface area contributed by atoms with E-state index in [1.807, 2.05) is 0 Å². The van der Waals surface area contributed by atoms with Crippen LogP contribution in [0.15, 0.2) is 53.4 Å². The van der Waals surface area contributed by atoms with Crippen molar-refractivity contribution in [1.29, 1.82) is 0 Å². The molecular formula is C22H25ClN2O4S. The lowest BCUT2D eigenvalue weighted by Crippen LogP contribution is -2.45. The van der Waals surface area contributed by atoms with Crippen LogP contribution >= 0.6 is 11.6 Å². The third-order valence-electron chi connectivity index (χ3n) is 6.13. The molecule has 0 saturated heterocycles. The molecule has 2 bridgehead atoms. The molecule has 8 heteroatoms. The SMILES string of the molecule is COc1ccc(S(=O)(=O)N(CC(=O)N[C@@H]2C[C@H]3CC[C@H]2C3)c2ccc(Cl)cc2)cc1. The van der Waals surface area contributed by atoms with Gasteiger partial charge in [0.05, 0.1) is 17.7 Å². The van der Waals surface area contributed by atoms with Crippen LogP contribution in [0.4, 0.5) is 5.69 Å². The highest BCUT2D eigenvalue weighted by Gasteiger charge is 2.40. The van der Waals surface area contributed by atoms with Crippen molar-refractivity contribution in [3.8, 4) is 5.75 Å². The first kappa shape index (κ1) is 21.0. The number of nitrogens with zero attached hydrogens (tertiary/aromatic N) is 1. The van der Waals surface area contributed by atoms with E-state index in [0.717, 1.165) is 23.6 Å². The Balaban J connectivity index is 1.58. The largest absolute Gasteiger partial charge is 0.497 e. The van der Waals surface area contributed by atoms with Gasteiger partial charge in [-0.3, -0.25) is 9.10 Å². The zero-order valence-corrected chi connectivity index (χ0v) is 18.3. The van der Waals surface area contributed by atoms with Crippen molar-refractivity contribution in [2.45, 2.75) is 36.6 Å². The number of hydrogen-bond acceptors (Lipinski definition) is 4. The second-order valence-electron chi connectivity index (χ2n) is 8.01. The van der Waals surface area contributed by atoms with Gasteiger partial charge in [-0.1, -0.05) is 18.0 Å². The van der Waals surface area contributed by atoms with Crippen LogP contribution in [-0.2, 0) is 14.8 Å². The molecule has 2 aliphatic rings. The van der Waals surface area contributed by atoms with Crippen LogP contribution in [0.1, 0.15) is 25.7 Å². The van der Waals surface area contributed by atoms with E-state index in [4.69, 9.17) is 16.3 Å². The summed E-state index contributed by atoms with van der Waals surface area (Å²) in [6, 6.07) is 12.7. The predicted octanol–water partition coefficient (Wildman–Crippen LogP) is 3.85. The molecule has 6 nitrogen and oxygen atoms in total. The minimum Gasteiger partial charge on any atom is -0.497 e. The lowest BCUT2D eigenvalue weighted by atomic mass is 9.95. The summed E-state index contributed by atoms with van der Waals surface area (Å²) >= 11 is 5.98. The number of anilines is 1. The lowest BCUT2D eigenvalue weighted by molar-refractivity contribution is -0.120. The molecule has 0 aliphatic heterocycles. The normalized spacial score (nSPS) is 22.7. The van der Waals surface area contributed by atoms with Gasteiger partial charge in [0.2, 0.25) is 5.91 Å². The fraction of sp³-hybridized carbons (Fsp3) is 0.409. The second kappa shape index (κ2) is 8.47. The molecule has 4 rings (SSSR count). The number of carbonyl (C=O) groups excluding carboxylic acids is 1. The van der Waals surface area contributed by atoms with Crippen LogP contribution in [0.3, 0.4) is 0 Å². The molecule has 2 aromatic carbocycles. The van der Waals surface area contributed by atoms with Gasteiger partial charge in [0.15, 0.2) is 0 Å². The Labute approximate surface area is 182 Å². The number of hydrogen-bond donors (Lipinski definition) is 1. The number of amides is 1. The van der Waals surface area contributed by atoms with E-state index in [1.54, 1.807) is 36.4 Å². The second-order valence-corrected chi connectivity index (χ2v) is 10.3. The van der Waals surface area contributed by atoms with E-state index in [1.165, 1.54) is 25.7 Å². The lowest BCUT2D eigenvalue weighted by Gasteiger charge is -2.27. The summed E-state index contributed by atoms with van der Waals surface area (Å²) in [5.74, 6) is 1.47. The van der Waals surface area contributed by atoms with Crippen molar-refractivity contribution < 1.29 is 17.9 Å². The number of methoxy groups -OCH3 is 1. The van der Waals surface area contributed by atoms with E-state index in [0.29, 0.717) is 28.3 Å². The van der Waals surface area contributed by atoms with E-state index >= 15 is 0 Å². The summed E-state index contributed by atoms with van der Waals surface area (Å²) in [5.41, 5.74) is 0.387. The molecule has 2 aliphatic carbocycles. The van der Waals surface area contributed by atoms with Crippen LogP contribution < -0.4 is 14.4 Å². The van der Waals surface area contributed by atoms with Crippen molar-refractivity contribution in [3.63, 3.8) is 0 Å². The summed E-state index contributed by atoms with van der Waals surface area (Å²) in [6.07, 6.45) is 4.53. The van der Waals surface area contributed by atoms with Gasteiger partial charge in [-0.25, -0.2) is 8.42 Å². The highest BCUT2D eigenvalue weighted by atomic mass is 35.5. The average molecular weight is 449 g/mol. The Hall–Kier alpha value is -2.25. The van der Waals surface area contributed by atoms with Gasteiger partial charge in [0, 0.05) is 11.1 Å². The topological polar surface area (TPSA) is 75.7 Å². The first-order valence-electron chi connectivity index (χ1n) is 10.1. The van der Waals surface area contributed by atoms with Crippen LogP contribution in [0.2, 0.25) is 5.02 Å². The van der Waals surface area contributed by atoms with Gasteiger partial charge >= 0.3 is 0 Å². The number of nitrogens with one attached hydrogen (secondary N) is 1. The molecule has 0 heterocycles. The Morgan fingerprint density at radius 3 is 2.37 bits per heavy atom. The number of benzene rings is 2. The van der Waals surface area contributed by atoms with E-state index in [9.17, 15) is 13.2 Å². The van der Waals surface area contributed by atoms with Crippen LogP contribution in [0.5, 0.6) is 5.75 Å². The number of sulfonamides is 1. The summed E-state index contributed by atoms with van der Waals surface area (Å²) < 4.78 is 33.0. The fourth-order valence-electron chi connectivity index (χ4n) is 4.60. The first-order valence-corrected chi connectivity index (χ1v) is 11.9. The summed E-state index contributed by atoms with van der Waals surface area (Å²) in [6.45, 7) is -0.288. The molecule has 2 aromatic rings. The molecule has 2 saturated carbocycles. The summed E-state index contributed by atoms with van der Waals surface area (Å²) in [7, 11) is -2.44. The quantitative estimate of drug-likeness (QED) is 0.698. The monoisotopic (exact) mass is 448 g/mol. The maximum Gasteiger partial charge on any atom is 0.264 e. The van der Waals surface area contributed by atoms with Gasteiger partial charge in [0.25, 0.3) is 10.0 Å². The van der Waals surface area contributed by atoms with E-state index in [-0.39, 0.29) is 23.4 Å². The van der Waals surface area contributed by atoms with Crippen molar-refractivity contribution in [3.05, 3.63) is 53.6 Å². The minimum atomic E-state index is -3.96. The highest BCUT2D eigenvalue weighted by Crippen LogP contribution is 2.44. The first-order chi connectivity index (χ1) is 14.4. The van der Waals surface area contributed by atoms with E-state index in [2.05, 4.69) is 5.32 Å². The average Bonchev–Trinajstić information content (AvgIpc) is 3.36. The van der Waals surface area contributed by atoms with Gasteiger partial charge in [-0.15, -0.1) is 0 Å². The highest BCUT2D eigenvalue weighted by molar-refractivity contribution is 7.92. The van der Waals surface area contributed by atoms with Crippen molar-refractivity contribution >= 4 is 33.2 Å². The summed E-state index contributed by atoms with van der Waals surface area (Å²) in [4.78, 5) is 12.9. The Morgan fingerprint density at radius 2 is 1.80 bits per heavy atom. The zero-order chi connectivity index (χ0) is 21.3. The third-order valence-corrected chi connectivity index (χ3v) is 8.17. The molecule has 2 fully saturated rings. The Kier molecular flexibility index (Phi) is 5.93. The van der Waals surface area contributed by atoms with Crippen molar-refractivity contribution in [2.24, 2.45) is 11.8 Å². The molecule has 1 N–H and O–H groups in total. The third kappa shape index (κ3) is 4.27. The van der Waals surface area contributed by atoms with Crippen molar-refractivity contribution in [1.82, 2.24) is 5.32 Å². The molecule has 0 aromatic heterocycles. The Bertz CT molecular complexity index is 1010. The number of fused-ring (bicyclic) bond motifs is 2. The maximum absolute atomic E-state index is 13.4. The number of carbonyl (C=O) groups is 1. The number of halogens is 1. The molecule has 3 atom stereocenters. The Morgan fingerprint density at radius 1 is 1.10 bits per heavy atom. The number of rotatable bonds is 7. The molecule has 30 heavy (non-hydrogen) atoms. The van der Waals surface area contributed by atoms with Gasteiger partial charge < -0.3 is 10.1 Å². The molecule has 0 unspecified atom stereocenters. The van der Waals surface area contributed by atoms with Crippen LogP contribution in [-0.4, -0.2) is 34.0 Å². The minimum absolute atomic E-state index is 0.0889. The molecular weight excluding hydrogens is 424 g/mol. The maximum atomic E-state index is 13.4. The molecule has 1 amide bonds. The predicted molar refractivity (Wildman–Crippen MR) is 116 cm³/mol. The van der Waals surface area contributed by atoms with Gasteiger partial charge in [-0.05, 0) is 79.6 Å². The van der Waals surface area contributed by atoms with E-state index < -0.39 is 10.0 Å². The number of ether oxygens (including phenoxy) is 1. The molecule has 0 spiro atoms.